The third-order valence-corrected chi connectivity index (χ3v) is 4.69. The van der Waals surface area contributed by atoms with Gasteiger partial charge in [0, 0.05) is 18.2 Å². The van der Waals surface area contributed by atoms with E-state index in [-0.39, 0.29) is 5.82 Å². The molecule has 0 aliphatic rings. The first-order valence-corrected chi connectivity index (χ1v) is 10.8. The molecule has 0 spiro atoms. The Morgan fingerprint density at radius 3 is 2.70 bits per heavy atom. The molecule has 1 unspecified atom stereocenters. The molecule has 0 N–H and O–H groups in total. The number of halogens is 1. The highest BCUT2D eigenvalue weighted by atomic mass is 19.1. The van der Waals surface area contributed by atoms with Gasteiger partial charge in [-0.1, -0.05) is 38.5 Å². The lowest BCUT2D eigenvalue weighted by molar-refractivity contribution is 0.0566. The van der Waals surface area contributed by atoms with Gasteiger partial charge in [-0.15, -0.1) is 5.10 Å². The van der Waals surface area contributed by atoms with Crippen LogP contribution in [0.1, 0.15) is 58.1 Å². The Labute approximate surface area is 179 Å². The van der Waals surface area contributed by atoms with E-state index in [1.54, 1.807) is 24.3 Å². The zero-order valence-electron chi connectivity index (χ0n) is 18.1. The first-order valence-electron chi connectivity index (χ1n) is 10.8. The Bertz CT molecular complexity index is 790. The van der Waals surface area contributed by atoms with Gasteiger partial charge in [0.2, 0.25) is 0 Å². The van der Waals surface area contributed by atoms with Gasteiger partial charge in [-0.25, -0.2) is 4.39 Å². The zero-order valence-corrected chi connectivity index (χ0v) is 18.1. The molecule has 0 fully saturated rings. The van der Waals surface area contributed by atoms with E-state index in [0.29, 0.717) is 29.7 Å². The minimum Gasteiger partial charge on any atom is -0.489 e. The number of allylic oxidation sites excluding steroid dienone is 1. The third-order valence-electron chi connectivity index (χ3n) is 4.69. The van der Waals surface area contributed by atoms with Crippen LogP contribution in [0.3, 0.4) is 0 Å². The van der Waals surface area contributed by atoms with Gasteiger partial charge in [0.05, 0.1) is 17.5 Å². The quantitative estimate of drug-likeness (QED) is 0.258. The topological polar surface area (TPSA) is 44.2 Å². The average Bonchev–Trinajstić information content (AvgIpc) is 2.76. The number of unbranched alkanes of at least 4 members (excludes halogenated alkanes) is 3. The molecule has 1 aromatic carbocycles. The van der Waals surface area contributed by atoms with Crippen molar-refractivity contribution < 1.29 is 13.9 Å². The first kappa shape index (κ1) is 23.7. The highest BCUT2D eigenvalue weighted by molar-refractivity contribution is 5.61. The summed E-state index contributed by atoms with van der Waals surface area (Å²) >= 11 is 0. The van der Waals surface area contributed by atoms with E-state index < -0.39 is 0 Å². The molecule has 2 aromatic rings. The fourth-order valence-corrected chi connectivity index (χ4v) is 2.97. The standard InChI is InChI=1S/C25H33FN2O2/c1-4-6-10-18-29-20(3)11-8-7-9-12-21-13-16-25(28-27-21)23-15-14-22(19-24(23)26)30-17-5-2/h5,9,12-16,19-20H,2,4,6-8,10-11,17-18H2,1,3H3/b12-9+. The summed E-state index contributed by atoms with van der Waals surface area (Å²) in [5, 5.41) is 8.35. The van der Waals surface area contributed by atoms with Crippen molar-refractivity contribution in [3.8, 4) is 17.0 Å². The van der Waals surface area contributed by atoms with Crippen LogP contribution in [0, 0.1) is 5.82 Å². The Balaban J connectivity index is 1.78. The summed E-state index contributed by atoms with van der Waals surface area (Å²) in [7, 11) is 0. The van der Waals surface area contributed by atoms with E-state index in [4.69, 9.17) is 9.47 Å². The van der Waals surface area contributed by atoms with E-state index in [0.717, 1.165) is 38.0 Å². The summed E-state index contributed by atoms with van der Waals surface area (Å²) in [6.45, 7) is 9.11. The van der Waals surface area contributed by atoms with Crippen molar-refractivity contribution in [1.29, 1.82) is 0 Å². The largest absolute Gasteiger partial charge is 0.489 e. The van der Waals surface area contributed by atoms with Crippen LogP contribution in [-0.4, -0.2) is 29.5 Å². The maximum absolute atomic E-state index is 14.3. The maximum atomic E-state index is 14.3. The second-order valence-corrected chi connectivity index (χ2v) is 7.31. The van der Waals surface area contributed by atoms with Crippen LogP contribution in [0.25, 0.3) is 17.3 Å². The summed E-state index contributed by atoms with van der Waals surface area (Å²) in [5.41, 5.74) is 1.65. The van der Waals surface area contributed by atoms with Crippen LogP contribution >= 0.6 is 0 Å². The van der Waals surface area contributed by atoms with E-state index in [1.807, 2.05) is 12.1 Å². The summed E-state index contributed by atoms with van der Waals surface area (Å²) in [6.07, 6.45) is 12.7. The lowest BCUT2D eigenvalue weighted by atomic mass is 10.1. The zero-order chi connectivity index (χ0) is 21.6. The Kier molecular flexibility index (Phi) is 10.8. The summed E-state index contributed by atoms with van der Waals surface area (Å²) in [4.78, 5) is 0. The van der Waals surface area contributed by atoms with Gasteiger partial charge in [0.25, 0.3) is 0 Å². The van der Waals surface area contributed by atoms with Crippen LogP contribution < -0.4 is 4.74 Å². The van der Waals surface area contributed by atoms with Crippen LogP contribution in [-0.2, 0) is 4.74 Å². The van der Waals surface area contributed by atoms with Crippen molar-refractivity contribution in [3.63, 3.8) is 0 Å². The van der Waals surface area contributed by atoms with E-state index in [2.05, 4.69) is 36.7 Å². The number of rotatable bonds is 14. The molecule has 0 saturated carbocycles. The number of hydrogen-bond acceptors (Lipinski definition) is 4. The number of hydrogen-bond donors (Lipinski definition) is 0. The van der Waals surface area contributed by atoms with Gasteiger partial charge in [-0.3, -0.25) is 0 Å². The minimum atomic E-state index is -0.389. The van der Waals surface area contributed by atoms with Gasteiger partial charge in [-0.05, 0) is 62.9 Å². The van der Waals surface area contributed by atoms with Gasteiger partial charge in [0.1, 0.15) is 18.2 Å². The molecule has 1 atom stereocenters. The Morgan fingerprint density at radius 1 is 1.13 bits per heavy atom. The lowest BCUT2D eigenvalue weighted by Crippen LogP contribution is -2.08. The van der Waals surface area contributed by atoms with Crippen LogP contribution in [0.15, 0.2) is 49.1 Å². The molecule has 162 valence electrons. The molecule has 0 saturated heterocycles. The van der Waals surface area contributed by atoms with Crippen molar-refractivity contribution in [3.05, 3.63) is 60.6 Å². The number of nitrogens with zero attached hydrogens (tertiary/aromatic N) is 2. The molecular weight excluding hydrogens is 379 g/mol. The molecule has 0 aliphatic carbocycles. The molecule has 0 radical (unpaired) electrons. The first-order chi connectivity index (χ1) is 14.6. The third kappa shape index (κ3) is 8.46. The molecule has 30 heavy (non-hydrogen) atoms. The van der Waals surface area contributed by atoms with Gasteiger partial charge in [0.15, 0.2) is 0 Å². The number of ether oxygens (including phenoxy) is 2. The van der Waals surface area contributed by atoms with Crippen molar-refractivity contribution in [2.75, 3.05) is 13.2 Å². The highest BCUT2D eigenvalue weighted by Crippen LogP contribution is 2.24. The molecule has 1 aromatic heterocycles. The smallest absolute Gasteiger partial charge is 0.136 e. The molecule has 0 bridgehead atoms. The second kappa shape index (κ2) is 13.6. The van der Waals surface area contributed by atoms with Crippen LogP contribution in [0.5, 0.6) is 5.75 Å². The fourth-order valence-electron chi connectivity index (χ4n) is 2.97. The molecule has 2 rings (SSSR count). The van der Waals surface area contributed by atoms with Crippen LogP contribution in [0.2, 0.25) is 0 Å². The van der Waals surface area contributed by atoms with E-state index in [9.17, 15) is 4.39 Å². The molecular formula is C25H33FN2O2. The molecule has 1 heterocycles. The fraction of sp³-hybridized carbons (Fsp3) is 0.440. The van der Waals surface area contributed by atoms with E-state index >= 15 is 0 Å². The molecule has 0 amide bonds. The molecule has 0 aliphatic heterocycles. The van der Waals surface area contributed by atoms with Crippen molar-refractivity contribution in [2.24, 2.45) is 0 Å². The summed E-state index contributed by atoms with van der Waals surface area (Å²) in [5.74, 6) is 0.0736. The predicted octanol–water partition coefficient (Wildman–Crippen LogP) is 6.63. The number of benzene rings is 1. The normalized spacial score (nSPS) is 12.2. The van der Waals surface area contributed by atoms with Gasteiger partial charge < -0.3 is 9.47 Å². The average molecular weight is 413 g/mol. The van der Waals surface area contributed by atoms with Crippen molar-refractivity contribution in [2.45, 2.75) is 58.5 Å². The van der Waals surface area contributed by atoms with Crippen molar-refractivity contribution in [1.82, 2.24) is 10.2 Å². The lowest BCUT2D eigenvalue weighted by Gasteiger charge is -2.11. The SMILES string of the molecule is C=CCOc1ccc(-c2ccc(/C=C/CCCC(C)OCCCCC)nn2)c(F)c1. The molecule has 4 nitrogen and oxygen atoms in total. The van der Waals surface area contributed by atoms with Gasteiger partial charge in [-0.2, -0.15) is 5.10 Å². The Hall–Kier alpha value is -2.53. The maximum Gasteiger partial charge on any atom is 0.136 e. The summed E-state index contributed by atoms with van der Waals surface area (Å²) < 4.78 is 25.5. The molecule has 5 heteroatoms. The Morgan fingerprint density at radius 2 is 2.00 bits per heavy atom. The van der Waals surface area contributed by atoms with Crippen molar-refractivity contribution >= 4 is 6.08 Å². The van der Waals surface area contributed by atoms with Crippen LogP contribution in [0.4, 0.5) is 4.39 Å². The van der Waals surface area contributed by atoms with Gasteiger partial charge >= 0.3 is 0 Å². The second-order valence-electron chi connectivity index (χ2n) is 7.31. The highest BCUT2D eigenvalue weighted by Gasteiger charge is 2.08. The van der Waals surface area contributed by atoms with E-state index in [1.165, 1.54) is 18.9 Å². The predicted molar refractivity (Wildman–Crippen MR) is 121 cm³/mol. The minimum absolute atomic E-state index is 0.304. The summed E-state index contributed by atoms with van der Waals surface area (Å²) in [6, 6.07) is 8.34. The monoisotopic (exact) mass is 412 g/mol. The number of aromatic nitrogens is 2.